The van der Waals surface area contributed by atoms with Crippen LogP contribution in [0, 0.1) is 6.92 Å². The second-order valence-corrected chi connectivity index (χ2v) is 5.15. The van der Waals surface area contributed by atoms with Crippen LogP contribution in [0.3, 0.4) is 0 Å². The van der Waals surface area contributed by atoms with Crippen LogP contribution in [-0.4, -0.2) is 5.91 Å². The third kappa shape index (κ3) is 3.80. The molecule has 0 saturated heterocycles. The highest BCUT2D eigenvalue weighted by Crippen LogP contribution is 2.22. The Morgan fingerprint density at radius 2 is 1.91 bits per heavy atom. The second kappa shape index (κ2) is 6.83. The van der Waals surface area contributed by atoms with Crippen molar-refractivity contribution in [3.63, 3.8) is 0 Å². The Morgan fingerprint density at radius 1 is 1.09 bits per heavy atom. The van der Waals surface area contributed by atoms with Crippen LogP contribution in [0.25, 0.3) is 6.08 Å². The van der Waals surface area contributed by atoms with Crippen LogP contribution >= 0.6 is 0 Å². The minimum absolute atomic E-state index is 0.218. The van der Waals surface area contributed by atoms with E-state index in [0.717, 1.165) is 11.3 Å². The predicted octanol–water partition coefficient (Wildman–Crippen LogP) is 4.10. The van der Waals surface area contributed by atoms with E-state index in [9.17, 15) is 4.79 Å². The molecule has 0 aliphatic rings. The fraction of sp³-hybridized carbons (Fsp3) is 0.105. The van der Waals surface area contributed by atoms with Crippen LogP contribution in [0.2, 0.25) is 0 Å². The van der Waals surface area contributed by atoms with Gasteiger partial charge in [-0.15, -0.1) is 0 Å². The first kappa shape index (κ1) is 14.9. The van der Waals surface area contributed by atoms with Gasteiger partial charge in [-0.25, -0.2) is 0 Å². The summed E-state index contributed by atoms with van der Waals surface area (Å²) in [6, 6.07) is 16.7. The molecule has 0 radical (unpaired) electrons. The molecule has 23 heavy (non-hydrogen) atoms. The van der Waals surface area contributed by atoms with E-state index in [0.29, 0.717) is 11.5 Å². The van der Waals surface area contributed by atoms with Crippen LogP contribution in [0.5, 0.6) is 0 Å². The summed E-state index contributed by atoms with van der Waals surface area (Å²) >= 11 is 0. The van der Waals surface area contributed by atoms with Crippen molar-refractivity contribution >= 4 is 12.0 Å². The largest absolute Gasteiger partial charge is 0.467 e. The van der Waals surface area contributed by atoms with Gasteiger partial charge in [0.2, 0.25) is 5.91 Å². The van der Waals surface area contributed by atoms with Gasteiger partial charge in [0.25, 0.3) is 0 Å². The van der Waals surface area contributed by atoms with Crippen LogP contribution in [-0.2, 0) is 4.79 Å². The molecule has 0 aliphatic carbocycles. The molecule has 0 unspecified atom stereocenters. The number of carbonyl (C=O) groups excluding carboxylic acids is 1. The lowest BCUT2D eigenvalue weighted by Crippen LogP contribution is -2.27. The summed E-state index contributed by atoms with van der Waals surface area (Å²) < 4.78 is 10.9. The van der Waals surface area contributed by atoms with Crippen LogP contribution in [0.4, 0.5) is 0 Å². The predicted molar refractivity (Wildman–Crippen MR) is 87.6 cm³/mol. The van der Waals surface area contributed by atoms with Gasteiger partial charge in [0.15, 0.2) is 0 Å². The molecule has 1 atom stereocenters. The fourth-order valence-corrected chi connectivity index (χ4v) is 2.31. The van der Waals surface area contributed by atoms with Gasteiger partial charge in [-0.1, -0.05) is 30.3 Å². The Balaban J connectivity index is 1.76. The Hall–Kier alpha value is -3.01. The van der Waals surface area contributed by atoms with Crippen molar-refractivity contribution < 1.29 is 13.6 Å². The highest BCUT2D eigenvalue weighted by Gasteiger charge is 2.18. The molecule has 3 rings (SSSR count). The van der Waals surface area contributed by atoms with Crippen molar-refractivity contribution in [3.8, 4) is 0 Å². The lowest BCUT2D eigenvalue weighted by molar-refractivity contribution is -0.117. The molecule has 0 fully saturated rings. The van der Waals surface area contributed by atoms with Crippen LogP contribution in [0.15, 0.2) is 75.8 Å². The van der Waals surface area contributed by atoms with E-state index >= 15 is 0 Å². The van der Waals surface area contributed by atoms with Gasteiger partial charge in [0, 0.05) is 6.08 Å². The van der Waals surface area contributed by atoms with Crippen molar-refractivity contribution in [1.82, 2.24) is 5.32 Å². The van der Waals surface area contributed by atoms with Gasteiger partial charge in [-0.05, 0) is 42.8 Å². The number of hydrogen-bond donors (Lipinski definition) is 1. The van der Waals surface area contributed by atoms with E-state index in [2.05, 4.69) is 5.32 Å². The molecule has 4 nitrogen and oxygen atoms in total. The minimum atomic E-state index is -0.332. The third-order valence-corrected chi connectivity index (χ3v) is 3.41. The zero-order valence-electron chi connectivity index (χ0n) is 12.7. The maximum Gasteiger partial charge on any atom is 0.244 e. The first-order valence-electron chi connectivity index (χ1n) is 7.36. The second-order valence-electron chi connectivity index (χ2n) is 5.15. The number of amides is 1. The molecule has 3 aromatic rings. The van der Waals surface area contributed by atoms with E-state index in [1.54, 1.807) is 18.4 Å². The number of carbonyl (C=O) groups is 1. The Kier molecular flexibility index (Phi) is 4.43. The first-order chi connectivity index (χ1) is 11.2. The standard InChI is InChI=1S/C19H17NO3/c1-14-9-10-16(23-14)11-12-18(21)20-19(17-8-5-13-22-17)15-6-3-2-4-7-15/h2-13,19H,1H3,(H,20,21)/b12-11+/t19-/m0/s1. The molecular weight excluding hydrogens is 290 g/mol. The van der Waals surface area contributed by atoms with E-state index in [1.165, 1.54) is 6.08 Å². The van der Waals surface area contributed by atoms with Crippen molar-refractivity contribution in [2.75, 3.05) is 0 Å². The van der Waals surface area contributed by atoms with Crippen LogP contribution in [0.1, 0.15) is 28.9 Å². The highest BCUT2D eigenvalue weighted by atomic mass is 16.3. The molecule has 2 heterocycles. The number of rotatable bonds is 5. The molecule has 0 spiro atoms. The monoisotopic (exact) mass is 307 g/mol. The molecular formula is C19H17NO3. The number of hydrogen-bond acceptors (Lipinski definition) is 3. The lowest BCUT2D eigenvalue weighted by atomic mass is 10.0. The molecule has 0 bridgehead atoms. The zero-order chi connectivity index (χ0) is 16.1. The van der Waals surface area contributed by atoms with Crippen molar-refractivity contribution in [3.05, 3.63) is 89.8 Å². The van der Waals surface area contributed by atoms with E-state index < -0.39 is 0 Å². The molecule has 0 saturated carbocycles. The first-order valence-corrected chi connectivity index (χ1v) is 7.36. The number of furan rings is 2. The van der Waals surface area contributed by atoms with E-state index in [1.807, 2.05) is 55.5 Å². The Bertz CT molecular complexity index is 785. The van der Waals surface area contributed by atoms with E-state index in [4.69, 9.17) is 8.83 Å². The summed E-state index contributed by atoms with van der Waals surface area (Å²) in [5.74, 6) is 1.92. The maximum atomic E-state index is 12.2. The van der Waals surface area contributed by atoms with Gasteiger partial charge in [-0.3, -0.25) is 4.79 Å². The van der Waals surface area contributed by atoms with Gasteiger partial charge in [0.05, 0.1) is 6.26 Å². The average molecular weight is 307 g/mol. The molecule has 116 valence electrons. The molecule has 0 aliphatic heterocycles. The fourth-order valence-electron chi connectivity index (χ4n) is 2.31. The number of aryl methyl sites for hydroxylation is 1. The summed E-state index contributed by atoms with van der Waals surface area (Å²) in [7, 11) is 0. The third-order valence-electron chi connectivity index (χ3n) is 3.41. The highest BCUT2D eigenvalue weighted by molar-refractivity contribution is 5.91. The van der Waals surface area contributed by atoms with Gasteiger partial charge >= 0.3 is 0 Å². The molecule has 1 N–H and O–H groups in total. The quantitative estimate of drug-likeness (QED) is 0.722. The Labute approximate surface area is 134 Å². The summed E-state index contributed by atoms with van der Waals surface area (Å²) in [4.78, 5) is 12.2. The summed E-state index contributed by atoms with van der Waals surface area (Å²) in [5, 5.41) is 2.95. The SMILES string of the molecule is Cc1ccc(/C=C/C(=O)N[C@@H](c2ccccc2)c2ccco2)o1. The topological polar surface area (TPSA) is 55.4 Å². The normalized spacial score (nSPS) is 12.4. The van der Waals surface area contributed by atoms with Crippen molar-refractivity contribution in [2.45, 2.75) is 13.0 Å². The van der Waals surface area contributed by atoms with Gasteiger partial charge in [-0.2, -0.15) is 0 Å². The van der Waals surface area contributed by atoms with Crippen molar-refractivity contribution in [2.24, 2.45) is 0 Å². The van der Waals surface area contributed by atoms with Gasteiger partial charge < -0.3 is 14.2 Å². The number of benzene rings is 1. The van der Waals surface area contributed by atoms with Gasteiger partial charge in [0.1, 0.15) is 23.3 Å². The summed E-state index contributed by atoms with van der Waals surface area (Å²) in [6.07, 6.45) is 4.70. The average Bonchev–Trinajstić information content (AvgIpc) is 3.23. The maximum absolute atomic E-state index is 12.2. The number of nitrogens with one attached hydrogen (secondary N) is 1. The van der Waals surface area contributed by atoms with Crippen molar-refractivity contribution in [1.29, 1.82) is 0 Å². The minimum Gasteiger partial charge on any atom is -0.467 e. The van der Waals surface area contributed by atoms with Crippen LogP contribution < -0.4 is 5.32 Å². The summed E-state index contributed by atoms with van der Waals surface area (Å²) in [5.41, 5.74) is 0.957. The molecule has 1 amide bonds. The van der Waals surface area contributed by atoms with E-state index in [-0.39, 0.29) is 11.9 Å². The summed E-state index contributed by atoms with van der Waals surface area (Å²) in [6.45, 7) is 1.86. The zero-order valence-corrected chi connectivity index (χ0v) is 12.7. The molecule has 4 heteroatoms. The lowest BCUT2D eigenvalue weighted by Gasteiger charge is -2.16. The Morgan fingerprint density at radius 3 is 2.57 bits per heavy atom. The molecule has 1 aromatic carbocycles. The molecule has 2 aromatic heterocycles. The smallest absolute Gasteiger partial charge is 0.244 e.